The van der Waals surface area contributed by atoms with Gasteiger partial charge in [0.1, 0.15) is 5.82 Å². The van der Waals surface area contributed by atoms with Crippen LogP contribution in [0.1, 0.15) is 30.4 Å². The van der Waals surface area contributed by atoms with E-state index < -0.39 is 0 Å². The second-order valence-electron chi connectivity index (χ2n) is 6.63. The molecule has 0 bridgehead atoms. The molecular formula is C19H23N5OS. The fourth-order valence-electron chi connectivity index (χ4n) is 3.61. The predicted octanol–water partition coefficient (Wildman–Crippen LogP) is 2.81. The van der Waals surface area contributed by atoms with E-state index in [1.807, 2.05) is 12.3 Å². The molecule has 26 heavy (non-hydrogen) atoms. The molecule has 0 radical (unpaired) electrons. The molecule has 2 aromatic heterocycles. The lowest BCUT2D eigenvalue weighted by Crippen LogP contribution is -2.36. The van der Waals surface area contributed by atoms with Gasteiger partial charge in [0, 0.05) is 26.1 Å². The second kappa shape index (κ2) is 7.25. The average Bonchev–Trinajstić information content (AvgIpc) is 3.00. The van der Waals surface area contributed by atoms with Gasteiger partial charge in [-0.1, -0.05) is 30.8 Å². The highest BCUT2D eigenvalue weighted by Crippen LogP contribution is 2.21. The third-order valence-corrected chi connectivity index (χ3v) is 5.45. The number of thioether (sulfide) groups is 1. The van der Waals surface area contributed by atoms with Gasteiger partial charge in [-0.15, -0.1) is 0 Å². The average molecular weight is 369 g/mol. The molecule has 1 aliphatic heterocycles. The normalized spacial score (nSPS) is 14.7. The van der Waals surface area contributed by atoms with E-state index >= 15 is 0 Å². The SMILES string of the molecule is CCCn1c(CN2CCc3nc(SC)[nH]c(=O)c3C2)nc2ccccc21. The summed E-state index contributed by atoms with van der Waals surface area (Å²) < 4.78 is 2.31. The third-order valence-electron chi connectivity index (χ3n) is 4.87. The molecule has 4 rings (SSSR count). The zero-order valence-corrected chi connectivity index (χ0v) is 16.0. The summed E-state index contributed by atoms with van der Waals surface area (Å²) in [7, 11) is 0. The van der Waals surface area contributed by atoms with E-state index in [9.17, 15) is 4.79 Å². The first-order chi connectivity index (χ1) is 12.7. The van der Waals surface area contributed by atoms with Gasteiger partial charge in [0.15, 0.2) is 5.16 Å². The Morgan fingerprint density at radius 1 is 1.27 bits per heavy atom. The van der Waals surface area contributed by atoms with Crippen LogP contribution in [0, 0.1) is 0 Å². The van der Waals surface area contributed by atoms with Crippen LogP contribution in [-0.4, -0.2) is 37.2 Å². The molecule has 1 aromatic carbocycles. The lowest BCUT2D eigenvalue weighted by atomic mass is 10.1. The van der Waals surface area contributed by atoms with E-state index in [-0.39, 0.29) is 5.56 Å². The summed E-state index contributed by atoms with van der Waals surface area (Å²) in [6.45, 7) is 5.41. The first-order valence-electron chi connectivity index (χ1n) is 9.02. The van der Waals surface area contributed by atoms with Gasteiger partial charge in [-0.05, 0) is 24.8 Å². The predicted molar refractivity (Wildman–Crippen MR) is 104 cm³/mol. The Labute approximate surface area is 156 Å². The van der Waals surface area contributed by atoms with Crippen LogP contribution in [0.4, 0.5) is 0 Å². The van der Waals surface area contributed by atoms with Crippen LogP contribution in [0.25, 0.3) is 11.0 Å². The third kappa shape index (κ3) is 3.17. The molecule has 6 nitrogen and oxygen atoms in total. The summed E-state index contributed by atoms with van der Waals surface area (Å²) in [5, 5.41) is 0.701. The van der Waals surface area contributed by atoms with Gasteiger partial charge in [-0.3, -0.25) is 9.69 Å². The minimum absolute atomic E-state index is 0.00823. The monoisotopic (exact) mass is 369 g/mol. The van der Waals surface area contributed by atoms with Crippen molar-refractivity contribution < 1.29 is 0 Å². The van der Waals surface area contributed by atoms with Gasteiger partial charge in [0.25, 0.3) is 5.56 Å². The van der Waals surface area contributed by atoms with E-state index in [1.54, 1.807) is 0 Å². The van der Waals surface area contributed by atoms with Gasteiger partial charge < -0.3 is 9.55 Å². The van der Waals surface area contributed by atoms with Crippen LogP contribution in [0.2, 0.25) is 0 Å². The minimum Gasteiger partial charge on any atom is -0.327 e. The summed E-state index contributed by atoms with van der Waals surface area (Å²) in [4.78, 5) is 27.0. The number of aromatic nitrogens is 4. The molecule has 1 N–H and O–H groups in total. The summed E-state index contributed by atoms with van der Waals surface area (Å²) in [6, 6.07) is 8.29. The first-order valence-corrected chi connectivity index (χ1v) is 10.2. The minimum atomic E-state index is -0.00823. The van der Waals surface area contributed by atoms with Crippen LogP contribution < -0.4 is 5.56 Å². The van der Waals surface area contributed by atoms with Crippen molar-refractivity contribution in [3.05, 3.63) is 51.7 Å². The standard InChI is InChI=1S/C19H23N5OS/c1-3-9-24-16-7-5-4-6-15(16)20-17(24)12-23-10-8-14-13(11-23)18(25)22-19(21-14)26-2/h4-7H,3,8-12H2,1-2H3,(H,21,22,25). The highest BCUT2D eigenvalue weighted by atomic mass is 32.2. The molecular weight excluding hydrogens is 346 g/mol. The zero-order valence-electron chi connectivity index (χ0n) is 15.2. The van der Waals surface area contributed by atoms with Crippen LogP contribution in [0.3, 0.4) is 0 Å². The van der Waals surface area contributed by atoms with Crippen LogP contribution in [0.15, 0.2) is 34.2 Å². The van der Waals surface area contributed by atoms with Crippen LogP contribution in [0.5, 0.6) is 0 Å². The number of nitrogens with one attached hydrogen (secondary N) is 1. The molecule has 0 saturated carbocycles. The van der Waals surface area contributed by atoms with E-state index in [2.05, 4.69) is 44.6 Å². The molecule has 0 unspecified atom stereocenters. The maximum atomic E-state index is 12.4. The molecule has 0 fully saturated rings. The van der Waals surface area contributed by atoms with Gasteiger partial charge in [0.2, 0.25) is 0 Å². The number of rotatable bonds is 5. The fourth-order valence-corrected chi connectivity index (χ4v) is 4.01. The number of imidazole rings is 1. The largest absolute Gasteiger partial charge is 0.327 e. The van der Waals surface area contributed by atoms with Crippen molar-refractivity contribution in [3.63, 3.8) is 0 Å². The van der Waals surface area contributed by atoms with Gasteiger partial charge in [0.05, 0.1) is 28.8 Å². The summed E-state index contributed by atoms with van der Waals surface area (Å²) in [5.41, 5.74) is 3.96. The molecule has 0 aliphatic carbocycles. The van der Waals surface area contributed by atoms with Crippen LogP contribution >= 0.6 is 11.8 Å². The number of nitrogens with zero attached hydrogens (tertiary/aromatic N) is 4. The van der Waals surface area contributed by atoms with Crippen molar-refractivity contribution in [1.82, 2.24) is 24.4 Å². The summed E-state index contributed by atoms with van der Waals surface area (Å²) in [5.74, 6) is 1.07. The van der Waals surface area contributed by atoms with Crippen molar-refractivity contribution in [2.45, 2.75) is 44.6 Å². The van der Waals surface area contributed by atoms with E-state index in [4.69, 9.17) is 4.98 Å². The van der Waals surface area contributed by atoms with Gasteiger partial charge in [-0.2, -0.15) is 0 Å². The first kappa shape index (κ1) is 17.3. The molecule has 3 heterocycles. The summed E-state index contributed by atoms with van der Waals surface area (Å²) >= 11 is 1.48. The number of aromatic amines is 1. The number of aryl methyl sites for hydroxylation is 1. The molecule has 0 saturated heterocycles. The number of hydrogen-bond acceptors (Lipinski definition) is 5. The lowest BCUT2D eigenvalue weighted by Gasteiger charge is -2.27. The molecule has 3 aromatic rings. The Hall–Kier alpha value is -2.12. The summed E-state index contributed by atoms with van der Waals surface area (Å²) in [6.07, 6.45) is 3.80. The van der Waals surface area contributed by atoms with Crippen molar-refractivity contribution in [2.75, 3.05) is 12.8 Å². The Morgan fingerprint density at radius 2 is 2.12 bits per heavy atom. The fraction of sp³-hybridized carbons (Fsp3) is 0.421. The number of benzene rings is 1. The van der Waals surface area contributed by atoms with Gasteiger partial charge >= 0.3 is 0 Å². The number of hydrogen-bond donors (Lipinski definition) is 1. The van der Waals surface area contributed by atoms with Crippen molar-refractivity contribution in [2.24, 2.45) is 0 Å². The number of para-hydroxylation sites is 2. The second-order valence-corrected chi connectivity index (χ2v) is 7.42. The highest BCUT2D eigenvalue weighted by Gasteiger charge is 2.23. The van der Waals surface area contributed by atoms with Crippen molar-refractivity contribution in [1.29, 1.82) is 0 Å². The molecule has 1 aliphatic rings. The number of fused-ring (bicyclic) bond motifs is 2. The molecule has 0 spiro atoms. The maximum absolute atomic E-state index is 12.4. The van der Waals surface area contributed by atoms with E-state index in [1.165, 1.54) is 17.3 Å². The number of H-pyrrole nitrogens is 1. The topological polar surface area (TPSA) is 66.8 Å². The Morgan fingerprint density at radius 3 is 2.92 bits per heavy atom. The smallest absolute Gasteiger partial charge is 0.256 e. The highest BCUT2D eigenvalue weighted by molar-refractivity contribution is 7.98. The van der Waals surface area contributed by atoms with Gasteiger partial charge in [-0.25, -0.2) is 9.97 Å². The van der Waals surface area contributed by atoms with E-state index in [0.29, 0.717) is 11.7 Å². The Balaban J connectivity index is 1.62. The van der Waals surface area contributed by atoms with Crippen LogP contribution in [-0.2, 0) is 26.1 Å². The Kier molecular flexibility index (Phi) is 4.82. The van der Waals surface area contributed by atoms with E-state index in [0.717, 1.165) is 55.1 Å². The molecule has 0 atom stereocenters. The molecule has 136 valence electrons. The zero-order chi connectivity index (χ0) is 18.1. The Bertz CT molecular complexity index is 993. The lowest BCUT2D eigenvalue weighted by molar-refractivity contribution is 0.232. The van der Waals surface area contributed by atoms with Crippen molar-refractivity contribution >= 4 is 22.8 Å². The quantitative estimate of drug-likeness (QED) is 0.553. The molecule has 7 heteroatoms. The molecule has 0 amide bonds. The maximum Gasteiger partial charge on any atom is 0.256 e. The van der Waals surface area contributed by atoms with Crippen molar-refractivity contribution in [3.8, 4) is 0 Å².